The average molecular weight is 574 g/mol. The molecule has 0 fully saturated rings. The lowest BCUT2D eigenvalue weighted by molar-refractivity contribution is -0.453. The summed E-state index contributed by atoms with van der Waals surface area (Å²) in [6.45, 7) is 2.47. The predicted octanol–water partition coefficient (Wildman–Crippen LogP) is 8.66. The van der Waals surface area contributed by atoms with E-state index in [1.165, 1.54) is 12.1 Å². The maximum Gasteiger partial charge on any atom is 0.460 e. The van der Waals surface area contributed by atoms with Gasteiger partial charge >= 0.3 is 41.7 Å². The Hall–Kier alpha value is -1.87. The molecule has 0 aliphatic rings. The average Bonchev–Trinajstić information content (AvgIpc) is 2.76. The molecule has 0 bridgehead atoms. The van der Waals surface area contributed by atoms with Crippen LogP contribution >= 0.6 is 0 Å². The first-order valence-corrected chi connectivity index (χ1v) is 10.3. The van der Waals surface area contributed by atoms with E-state index in [1.54, 1.807) is 0 Å². The predicted molar refractivity (Wildman–Crippen MR) is 99.8 cm³/mol. The van der Waals surface area contributed by atoms with Crippen LogP contribution in [0.15, 0.2) is 24.3 Å². The van der Waals surface area contributed by atoms with Crippen molar-refractivity contribution in [3.05, 3.63) is 35.4 Å². The number of hydrogen-bond donors (Lipinski definition) is 0. The highest BCUT2D eigenvalue weighted by atomic mass is 19.4. The number of aryl methyl sites for hydroxylation is 1. The van der Waals surface area contributed by atoms with E-state index in [0.717, 1.165) is 18.6 Å². The number of hydrogen-bond acceptors (Lipinski definition) is 1. The summed E-state index contributed by atoms with van der Waals surface area (Å²) in [5, 5.41) is 0. The van der Waals surface area contributed by atoms with Crippen LogP contribution in [-0.4, -0.2) is 48.8 Å². The van der Waals surface area contributed by atoms with Crippen molar-refractivity contribution in [1.82, 2.24) is 0 Å². The van der Waals surface area contributed by atoms with Crippen molar-refractivity contribution in [3.63, 3.8) is 0 Å². The minimum Gasteiger partial charge on any atom is -0.374 e. The Morgan fingerprint density at radius 3 is 1.41 bits per heavy atom. The summed E-state index contributed by atoms with van der Waals surface area (Å²) in [4.78, 5) is 0. The Balaban J connectivity index is 3.50. The van der Waals surface area contributed by atoms with Crippen LogP contribution in [0.25, 0.3) is 0 Å². The van der Waals surface area contributed by atoms with Crippen molar-refractivity contribution >= 4 is 0 Å². The van der Waals surface area contributed by atoms with Crippen molar-refractivity contribution in [1.29, 1.82) is 0 Å². The first-order valence-electron chi connectivity index (χ1n) is 10.3. The molecule has 1 nitrogen and oxygen atoms in total. The number of unbranched alkanes of at least 4 members (excludes halogenated alkanes) is 1. The molecule has 1 rings (SSSR count). The van der Waals surface area contributed by atoms with Gasteiger partial charge in [-0.15, -0.1) is 0 Å². The lowest BCUT2D eigenvalue weighted by Gasteiger charge is -2.43. The van der Waals surface area contributed by atoms with Crippen LogP contribution in [0, 0.1) is 0 Å². The topological polar surface area (TPSA) is 9.23 Å². The van der Waals surface area contributed by atoms with Crippen LogP contribution in [0.5, 0.6) is 0 Å². The molecule has 0 aliphatic heterocycles. The summed E-state index contributed by atoms with van der Waals surface area (Å²) in [6.07, 6.45) is -8.29. The van der Waals surface area contributed by atoms with Crippen LogP contribution < -0.4 is 0 Å². The van der Waals surface area contributed by atoms with Gasteiger partial charge < -0.3 is 4.74 Å². The third-order valence-electron chi connectivity index (χ3n) is 5.79. The zero-order chi connectivity index (χ0) is 29.5. The first kappa shape index (κ1) is 33.2. The lowest BCUT2D eigenvalue weighted by atomic mass is 9.83. The van der Waals surface area contributed by atoms with Crippen molar-refractivity contribution < 1.29 is 70.6 Å². The zero-order valence-electron chi connectivity index (χ0n) is 19.2. The SMILES string of the molecule is CCCCc1ccc(C(C)(CC(F)(F)C(F)(F)C(F)(F)C(F)(F)C(F)(F)C(F)(F)C(F)(F)F)OC)cc1. The molecule has 1 atom stereocenters. The molecule has 0 saturated carbocycles. The molecule has 0 aliphatic carbocycles. The Bertz CT molecular complexity index is 906. The summed E-state index contributed by atoms with van der Waals surface area (Å²) in [7, 11) is 0.629. The summed E-state index contributed by atoms with van der Waals surface area (Å²) in [5.74, 6) is -46.7. The van der Waals surface area contributed by atoms with Gasteiger partial charge in [0, 0.05) is 7.11 Å². The minimum atomic E-state index is -8.31. The van der Waals surface area contributed by atoms with E-state index in [0.29, 0.717) is 32.4 Å². The summed E-state index contributed by atoms with van der Waals surface area (Å²) < 4.78 is 206. The van der Waals surface area contributed by atoms with Crippen LogP contribution in [-0.2, 0) is 16.8 Å². The summed E-state index contributed by atoms with van der Waals surface area (Å²) >= 11 is 0. The molecule has 0 N–H and O–H groups in total. The highest BCUT2D eigenvalue weighted by Crippen LogP contribution is 2.63. The van der Waals surface area contributed by atoms with Gasteiger partial charge in [0.1, 0.15) is 0 Å². The zero-order valence-corrected chi connectivity index (χ0v) is 19.2. The molecule has 37 heavy (non-hydrogen) atoms. The van der Waals surface area contributed by atoms with E-state index >= 15 is 0 Å². The molecule has 1 unspecified atom stereocenters. The maximum atomic E-state index is 14.5. The molecular formula is C21H21F15O. The minimum absolute atomic E-state index is 0.380. The van der Waals surface area contributed by atoms with Gasteiger partial charge in [0.15, 0.2) is 0 Å². The third-order valence-corrected chi connectivity index (χ3v) is 5.79. The van der Waals surface area contributed by atoms with Crippen molar-refractivity contribution in [2.75, 3.05) is 7.11 Å². The van der Waals surface area contributed by atoms with Gasteiger partial charge in [-0.2, -0.15) is 65.9 Å². The molecule has 0 aromatic heterocycles. The van der Waals surface area contributed by atoms with E-state index in [9.17, 15) is 65.9 Å². The van der Waals surface area contributed by atoms with Crippen molar-refractivity contribution in [2.24, 2.45) is 0 Å². The van der Waals surface area contributed by atoms with Crippen LogP contribution in [0.1, 0.15) is 44.2 Å². The highest BCUT2D eigenvalue weighted by molar-refractivity contribution is 5.28. The number of methoxy groups -OCH3 is 1. The van der Waals surface area contributed by atoms with Crippen LogP contribution in [0.3, 0.4) is 0 Å². The second-order valence-corrected chi connectivity index (χ2v) is 8.49. The molecule has 1 aromatic carbocycles. The summed E-state index contributed by atoms with van der Waals surface area (Å²) in [5.41, 5.74) is -2.42. The van der Waals surface area contributed by atoms with E-state index in [2.05, 4.69) is 4.74 Å². The molecule has 0 amide bonds. The van der Waals surface area contributed by atoms with Gasteiger partial charge in [-0.05, 0) is 30.9 Å². The quantitative estimate of drug-likeness (QED) is 0.227. The summed E-state index contributed by atoms with van der Waals surface area (Å²) in [6, 6.07) is 4.74. The van der Waals surface area contributed by atoms with E-state index < -0.39 is 53.7 Å². The van der Waals surface area contributed by atoms with Crippen LogP contribution in [0.4, 0.5) is 65.9 Å². The van der Waals surface area contributed by atoms with Gasteiger partial charge in [0.25, 0.3) is 0 Å². The number of rotatable bonds is 12. The Morgan fingerprint density at radius 2 is 1.03 bits per heavy atom. The highest BCUT2D eigenvalue weighted by Gasteiger charge is 2.93. The smallest absolute Gasteiger partial charge is 0.374 e. The number of alkyl halides is 15. The van der Waals surface area contributed by atoms with Crippen molar-refractivity contribution in [2.45, 2.75) is 86.8 Å². The molecule has 0 heterocycles. The second kappa shape index (κ2) is 10.0. The van der Waals surface area contributed by atoms with Gasteiger partial charge in [-0.1, -0.05) is 37.6 Å². The normalized spacial score (nSPS) is 16.6. The fourth-order valence-electron chi connectivity index (χ4n) is 3.23. The molecular weight excluding hydrogens is 553 g/mol. The van der Waals surface area contributed by atoms with Gasteiger partial charge in [0.2, 0.25) is 0 Å². The fraction of sp³-hybridized carbons (Fsp3) is 0.714. The first-order chi connectivity index (χ1) is 16.3. The maximum absolute atomic E-state index is 14.5. The van der Waals surface area contributed by atoms with Crippen LogP contribution in [0.2, 0.25) is 0 Å². The largest absolute Gasteiger partial charge is 0.460 e. The molecule has 16 heteroatoms. The van der Waals surface area contributed by atoms with E-state index in [-0.39, 0.29) is 5.56 Å². The van der Waals surface area contributed by atoms with Crippen molar-refractivity contribution in [3.8, 4) is 0 Å². The second-order valence-electron chi connectivity index (χ2n) is 8.49. The molecule has 1 aromatic rings. The number of benzene rings is 1. The monoisotopic (exact) mass is 574 g/mol. The third kappa shape index (κ3) is 5.35. The molecule has 216 valence electrons. The molecule has 0 saturated heterocycles. The number of halogens is 15. The van der Waals surface area contributed by atoms with Gasteiger partial charge in [-0.3, -0.25) is 0 Å². The van der Waals surface area contributed by atoms with E-state index in [4.69, 9.17) is 0 Å². The Morgan fingerprint density at radius 1 is 0.622 bits per heavy atom. The van der Waals surface area contributed by atoms with Gasteiger partial charge in [0.05, 0.1) is 12.0 Å². The lowest BCUT2D eigenvalue weighted by Crippen LogP contribution is -2.72. The number of ether oxygens (including phenoxy) is 1. The molecule has 0 spiro atoms. The Kier molecular flexibility index (Phi) is 8.98. The molecule has 0 radical (unpaired) electrons. The standard InChI is InChI=1S/C21H21F15O/c1-4-5-6-12-7-9-13(10-8-12)14(2,37-3)11-15(22,23)16(24,25)17(26,27)18(28,29)19(30,31)20(32,33)21(34,35)36/h7-10H,4-6,11H2,1-3H3. The van der Waals surface area contributed by atoms with Gasteiger partial charge in [-0.25, -0.2) is 0 Å². The van der Waals surface area contributed by atoms with E-state index in [1.807, 2.05) is 6.92 Å². The fourth-order valence-corrected chi connectivity index (χ4v) is 3.23. The Labute approximate surface area is 201 Å².